The Morgan fingerprint density at radius 2 is 2.04 bits per heavy atom. The minimum Gasteiger partial charge on any atom is -0.493 e. The number of fused-ring (bicyclic) bond motifs is 1. The van der Waals surface area contributed by atoms with E-state index in [9.17, 15) is 0 Å². The third kappa shape index (κ3) is 5.61. The molecule has 144 valence electrons. The van der Waals surface area contributed by atoms with Crippen molar-refractivity contribution in [2.45, 2.75) is 31.7 Å². The van der Waals surface area contributed by atoms with Crippen LogP contribution in [0, 0.1) is 5.92 Å². The lowest BCUT2D eigenvalue weighted by molar-refractivity contribution is 0.0203. The van der Waals surface area contributed by atoms with Crippen molar-refractivity contribution < 1.29 is 14.2 Å². The minimum atomic E-state index is 0.232. The van der Waals surface area contributed by atoms with Gasteiger partial charge >= 0.3 is 0 Å². The standard InChI is InChI=1S/C20H31N3O3/c1-21-20(22-10-4-11-25-15-16-7-12-24-13-8-16)23-18-9-14-26-19-6-3-2-5-17(18)19/h2-3,5-6,16,18H,4,7-15H2,1H3,(H2,21,22,23). The fourth-order valence-corrected chi connectivity index (χ4v) is 3.40. The number of benzene rings is 1. The Balaban J connectivity index is 1.34. The smallest absolute Gasteiger partial charge is 0.191 e. The van der Waals surface area contributed by atoms with Crippen molar-refractivity contribution in [1.82, 2.24) is 10.6 Å². The first-order valence-corrected chi connectivity index (χ1v) is 9.71. The van der Waals surface area contributed by atoms with Crippen LogP contribution in [0.4, 0.5) is 0 Å². The molecule has 3 rings (SSSR count). The zero-order valence-corrected chi connectivity index (χ0v) is 15.7. The lowest BCUT2D eigenvalue weighted by atomic mass is 10.0. The lowest BCUT2D eigenvalue weighted by Gasteiger charge is -2.28. The first-order chi connectivity index (χ1) is 12.9. The lowest BCUT2D eigenvalue weighted by Crippen LogP contribution is -2.41. The van der Waals surface area contributed by atoms with Gasteiger partial charge < -0.3 is 24.8 Å². The average molecular weight is 361 g/mol. The molecule has 0 saturated carbocycles. The molecule has 0 spiro atoms. The van der Waals surface area contributed by atoms with Gasteiger partial charge in [-0.25, -0.2) is 0 Å². The molecule has 0 radical (unpaired) electrons. The SMILES string of the molecule is CN=C(NCCCOCC1CCOCC1)NC1CCOc2ccccc21. The quantitative estimate of drug-likeness (QED) is 0.444. The molecular formula is C20H31N3O3. The topological polar surface area (TPSA) is 64.1 Å². The van der Waals surface area contributed by atoms with Crippen LogP contribution in [-0.4, -0.2) is 52.6 Å². The minimum absolute atomic E-state index is 0.232. The average Bonchev–Trinajstić information content (AvgIpc) is 2.70. The van der Waals surface area contributed by atoms with E-state index >= 15 is 0 Å². The Morgan fingerprint density at radius 1 is 1.19 bits per heavy atom. The molecule has 2 N–H and O–H groups in total. The molecule has 2 heterocycles. The zero-order chi connectivity index (χ0) is 18.0. The van der Waals surface area contributed by atoms with Crippen molar-refractivity contribution in [3.05, 3.63) is 29.8 Å². The Bertz CT molecular complexity index is 573. The molecule has 26 heavy (non-hydrogen) atoms. The Hall–Kier alpha value is -1.79. The summed E-state index contributed by atoms with van der Waals surface area (Å²) in [6, 6.07) is 8.43. The van der Waals surface area contributed by atoms with Gasteiger partial charge in [0, 0.05) is 52.0 Å². The Labute approximate surface area is 156 Å². The van der Waals surface area contributed by atoms with Gasteiger partial charge in [-0.1, -0.05) is 18.2 Å². The summed E-state index contributed by atoms with van der Waals surface area (Å²) in [6.45, 7) is 4.97. The molecule has 6 nitrogen and oxygen atoms in total. The molecule has 1 fully saturated rings. The van der Waals surface area contributed by atoms with Gasteiger partial charge in [0.1, 0.15) is 5.75 Å². The Kier molecular flexibility index (Phi) is 7.58. The fourth-order valence-electron chi connectivity index (χ4n) is 3.40. The number of nitrogens with one attached hydrogen (secondary N) is 2. The second-order valence-corrected chi connectivity index (χ2v) is 6.86. The fraction of sp³-hybridized carbons (Fsp3) is 0.650. The maximum atomic E-state index is 5.81. The zero-order valence-electron chi connectivity index (χ0n) is 15.7. The van der Waals surface area contributed by atoms with Gasteiger partial charge in [0.25, 0.3) is 0 Å². The highest BCUT2D eigenvalue weighted by Crippen LogP contribution is 2.31. The van der Waals surface area contributed by atoms with Gasteiger partial charge in [0.15, 0.2) is 5.96 Å². The van der Waals surface area contributed by atoms with E-state index in [4.69, 9.17) is 14.2 Å². The van der Waals surface area contributed by atoms with Crippen molar-refractivity contribution in [3.8, 4) is 5.75 Å². The number of guanidine groups is 1. The number of ether oxygens (including phenoxy) is 3. The summed E-state index contributed by atoms with van der Waals surface area (Å²) < 4.78 is 16.9. The molecule has 1 atom stereocenters. The van der Waals surface area contributed by atoms with E-state index in [2.05, 4.69) is 21.7 Å². The molecule has 1 aromatic carbocycles. The maximum absolute atomic E-state index is 5.81. The van der Waals surface area contributed by atoms with Crippen molar-refractivity contribution in [1.29, 1.82) is 0 Å². The maximum Gasteiger partial charge on any atom is 0.191 e. The van der Waals surface area contributed by atoms with E-state index in [0.29, 0.717) is 5.92 Å². The molecule has 0 amide bonds. The van der Waals surface area contributed by atoms with E-state index in [1.165, 1.54) is 5.56 Å². The molecule has 2 aliphatic heterocycles. The van der Waals surface area contributed by atoms with Crippen LogP contribution in [0.15, 0.2) is 29.3 Å². The number of rotatable bonds is 7. The highest BCUT2D eigenvalue weighted by molar-refractivity contribution is 5.80. The van der Waals surface area contributed by atoms with E-state index in [1.807, 2.05) is 25.2 Å². The molecule has 6 heteroatoms. The molecule has 0 bridgehead atoms. The van der Waals surface area contributed by atoms with Crippen molar-refractivity contribution in [2.75, 3.05) is 46.6 Å². The first-order valence-electron chi connectivity index (χ1n) is 9.71. The van der Waals surface area contributed by atoms with Crippen molar-refractivity contribution >= 4 is 5.96 Å². The number of hydrogen-bond donors (Lipinski definition) is 2. The van der Waals surface area contributed by atoms with Crippen LogP contribution in [0.25, 0.3) is 0 Å². The van der Waals surface area contributed by atoms with Gasteiger partial charge in [-0.3, -0.25) is 4.99 Å². The number of hydrogen-bond acceptors (Lipinski definition) is 4. The summed E-state index contributed by atoms with van der Waals surface area (Å²) in [5, 5.41) is 6.89. The largest absolute Gasteiger partial charge is 0.493 e. The highest BCUT2D eigenvalue weighted by Gasteiger charge is 2.21. The third-order valence-corrected chi connectivity index (χ3v) is 4.95. The first kappa shape index (κ1) is 19.0. The molecule has 1 aromatic rings. The molecule has 1 unspecified atom stereocenters. The van der Waals surface area contributed by atoms with Gasteiger partial charge in [0.2, 0.25) is 0 Å². The second-order valence-electron chi connectivity index (χ2n) is 6.86. The van der Waals surface area contributed by atoms with E-state index < -0.39 is 0 Å². The van der Waals surface area contributed by atoms with E-state index in [-0.39, 0.29) is 6.04 Å². The molecule has 0 aliphatic carbocycles. The van der Waals surface area contributed by atoms with Crippen molar-refractivity contribution in [3.63, 3.8) is 0 Å². The molecule has 1 saturated heterocycles. The summed E-state index contributed by atoms with van der Waals surface area (Å²) >= 11 is 0. The highest BCUT2D eigenvalue weighted by atomic mass is 16.5. The van der Waals surface area contributed by atoms with Gasteiger partial charge in [-0.05, 0) is 31.2 Å². The summed E-state index contributed by atoms with van der Waals surface area (Å²) in [6.07, 6.45) is 4.16. The molecular weight excluding hydrogens is 330 g/mol. The van der Waals surface area contributed by atoms with E-state index in [1.54, 1.807) is 0 Å². The monoisotopic (exact) mass is 361 g/mol. The third-order valence-electron chi connectivity index (χ3n) is 4.95. The normalized spacial score (nSPS) is 21.0. The van der Waals surface area contributed by atoms with Crippen LogP contribution in [0.1, 0.15) is 37.3 Å². The summed E-state index contributed by atoms with van der Waals surface area (Å²) in [5.41, 5.74) is 1.20. The van der Waals surface area contributed by atoms with Gasteiger partial charge in [-0.15, -0.1) is 0 Å². The second kappa shape index (κ2) is 10.4. The van der Waals surface area contributed by atoms with E-state index in [0.717, 1.165) is 77.0 Å². The van der Waals surface area contributed by atoms with Crippen LogP contribution in [-0.2, 0) is 9.47 Å². The predicted octanol–water partition coefficient (Wildman–Crippen LogP) is 2.51. The number of para-hydroxylation sites is 1. The number of aliphatic imine (C=N–C) groups is 1. The molecule has 0 aromatic heterocycles. The summed E-state index contributed by atoms with van der Waals surface area (Å²) in [7, 11) is 1.81. The summed E-state index contributed by atoms with van der Waals surface area (Å²) in [4.78, 5) is 4.35. The van der Waals surface area contributed by atoms with Gasteiger partial charge in [-0.2, -0.15) is 0 Å². The van der Waals surface area contributed by atoms with Gasteiger partial charge in [0.05, 0.1) is 12.6 Å². The number of nitrogens with zero attached hydrogens (tertiary/aromatic N) is 1. The van der Waals surface area contributed by atoms with Crippen LogP contribution < -0.4 is 15.4 Å². The van der Waals surface area contributed by atoms with Crippen LogP contribution in [0.5, 0.6) is 5.75 Å². The summed E-state index contributed by atoms with van der Waals surface area (Å²) in [5.74, 6) is 2.46. The van der Waals surface area contributed by atoms with Crippen LogP contribution >= 0.6 is 0 Å². The van der Waals surface area contributed by atoms with Crippen LogP contribution in [0.3, 0.4) is 0 Å². The Morgan fingerprint density at radius 3 is 2.88 bits per heavy atom. The van der Waals surface area contributed by atoms with Crippen LogP contribution in [0.2, 0.25) is 0 Å². The predicted molar refractivity (Wildman–Crippen MR) is 103 cm³/mol. The molecule has 2 aliphatic rings. The van der Waals surface area contributed by atoms with Crippen molar-refractivity contribution in [2.24, 2.45) is 10.9 Å².